The molecule has 1 aromatic rings. The molecule has 0 radical (unpaired) electrons. The molecule has 3 N–H and O–H groups in total. The summed E-state index contributed by atoms with van der Waals surface area (Å²) in [5.74, 6) is 0.644. The first kappa shape index (κ1) is 29.2. The van der Waals surface area contributed by atoms with Crippen LogP contribution in [0.2, 0.25) is 5.02 Å². The number of methoxy groups -OCH3 is 1. The Morgan fingerprint density at radius 1 is 1.22 bits per heavy atom. The van der Waals surface area contributed by atoms with Crippen molar-refractivity contribution in [2.75, 3.05) is 33.9 Å². The molecule has 6 nitrogen and oxygen atoms in total. The maximum atomic E-state index is 13.5. The van der Waals surface area contributed by atoms with E-state index in [0.717, 1.165) is 44.2 Å². The molecule has 204 valence electrons. The zero-order valence-corrected chi connectivity index (χ0v) is 23.4. The Hall–Kier alpha value is -1.34. The average molecular weight is 522 g/mol. The number of likely N-dealkylation sites (tertiary alicyclic amines) is 1. The normalized spacial score (nSPS) is 22.6. The van der Waals surface area contributed by atoms with Gasteiger partial charge in [0.05, 0.1) is 5.60 Å². The summed E-state index contributed by atoms with van der Waals surface area (Å²) in [6.45, 7) is 4.10. The van der Waals surface area contributed by atoms with Gasteiger partial charge in [0.2, 0.25) is 0 Å². The molecule has 0 aromatic heterocycles. The molecule has 4 unspecified atom stereocenters. The first-order chi connectivity index (χ1) is 17.4. The van der Waals surface area contributed by atoms with Crippen LogP contribution in [0.15, 0.2) is 24.3 Å². The summed E-state index contributed by atoms with van der Waals surface area (Å²) >= 11 is 6.32. The number of unbranched alkanes of at least 4 members (excludes halogenated alkanes) is 1. The van der Waals surface area contributed by atoms with Crippen LogP contribution in [0.5, 0.6) is 0 Å². The summed E-state index contributed by atoms with van der Waals surface area (Å²) in [4.78, 5) is 15.4. The van der Waals surface area contributed by atoms with E-state index in [1.54, 1.807) is 7.11 Å². The lowest BCUT2D eigenvalue weighted by Crippen LogP contribution is -2.55. The van der Waals surface area contributed by atoms with Crippen molar-refractivity contribution in [2.45, 2.75) is 95.2 Å². The first-order valence-corrected chi connectivity index (χ1v) is 14.4. The van der Waals surface area contributed by atoms with Gasteiger partial charge < -0.3 is 25.4 Å². The maximum Gasteiger partial charge on any atom is 0.317 e. The zero-order chi connectivity index (χ0) is 26.0. The second kappa shape index (κ2) is 14.6. The molecule has 1 saturated heterocycles. The molecular formula is C29H48ClN3O3. The first-order valence-electron chi connectivity index (χ1n) is 14.1. The third kappa shape index (κ3) is 8.08. The van der Waals surface area contributed by atoms with Crippen LogP contribution in [-0.2, 0) is 10.3 Å². The number of carbonyl (C=O) groups excluding carboxylic acids is 1. The van der Waals surface area contributed by atoms with Crippen molar-refractivity contribution in [1.29, 1.82) is 0 Å². The van der Waals surface area contributed by atoms with Gasteiger partial charge in [-0.05, 0) is 76.1 Å². The molecule has 1 aromatic carbocycles. The van der Waals surface area contributed by atoms with E-state index in [-0.39, 0.29) is 24.0 Å². The summed E-state index contributed by atoms with van der Waals surface area (Å²) in [5.41, 5.74) is -0.184. The summed E-state index contributed by atoms with van der Waals surface area (Å²) in [6, 6.07) is 7.90. The number of urea groups is 1. The Morgan fingerprint density at radius 2 is 2.00 bits per heavy atom. The van der Waals surface area contributed by atoms with Crippen LogP contribution in [0, 0.1) is 11.8 Å². The molecule has 2 fully saturated rings. The third-order valence-corrected chi connectivity index (χ3v) is 8.78. The SMILES string of the molecule is CNC(C)C(CC1CCCCC1)NC(=O)N1CCCC(C(O)(CCCCOC)c2cccc(Cl)c2)C1. The van der Waals surface area contributed by atoms with Crippen LogP contribution in [0.1, 0.15) is 83.1 Å². The number of carbonyl (C=O) groups is 1. The number of piperidine rings is 1. The molecular weight excluding hydrogens is 474 g/mol. The minimum absolute atomic E-state index is 0.00423. The van der Waals surface area contributed by atoms with Crippen LogP contribution in [-0.4, -0.2) is 62.0 Å². The fourth-order valence-electron chi connectivity index (χ4n) is 6.16. The van der Waals surface area contributed by atoms with E-state index in [2.05, 4.69) is 17.6 Å². The highest BCUT2D eigenvalue weighted by Crippen LogP contribution is 2.40. The van der Waals surface area contributed by atoms with E-state index < -0.39 is 5.60 Å². The van der Waals surface area contributed by atoms with E-state index in [1.807, 2.05) is 36.2 Å². The lowest BCUT2D eigenvalue weighted by molar-refractivity contribution is -0.0564. The topological polar surface area (TPSA) is 73.8 Å². The number of likely N-dealkylation sites (N-methyl/N-ethyl adjacent to an activating group) is 1. The van der Waals surface area contributed by atoms with Crippen LogP contribution >= 0.6 is 11.6 Å². The van der Waals surface area contributed by atoms with Gasteiger partial charge in [-0.2, -0.15) is 0 Å². The molecule has 1 heterocycles. The minimum Gasteiger partial charge on any atom is -0.385 e. The van der Waals surface area contributed by atoms with Crippen molar-refractivity contribution in [3.8, 4) is 0 Å². The molecule has 7 heteroatoms. The Balaban J connectivity index is 1.70. The zero-order valence-electron chi connectivity index (χ0n) is 22.6. The van der Waals surface area contributed by atoms with Crippen molar-refractivity contribution >= 4 is 17.6 Å². The Bertz CT molecular complexity index is 804. The van der Waals surface area contributed by atoms with Crippen LogP contribution in [0.4, 0.5) is 4.79 Å². The highest BCUT2D eigenvalue weighted by Gasteiger charge is 2.41. The number of halogens is 1. The number of rotatable bonds is 12. The summed E-state index contributed by atoms with van der Waals surface area (Å²) in [5, 5.41) is 19.4. The Morgan fingerprint density at radius 3 is 2.69 bits per heavy atom. The van der Waals surface area contributed by atoms with Gasteiger partial charge in [0, 0.05) is 49.8 Å². The maximum absolute atomic E-state index is 13.5. The van der Waals surface area contributed by atoms with Gasteiger partial charge in [-0.3, -0.25) is 0 Å². The van der Waals surface area contributed by atoms with Gasteiger partial charge in [0.1, 0.15) is 0 Å². The fraction of sp³-hybridized carbons (Fsp3) is 0.759. The number of benzene rings is 1. The molecule has 1 aliphatic heterocycles. The fourth-order valence-corrected chi connectivity index (χ4v) is 6.35. The second-order valence-corrected chi connectivity index (χ2v) is 11.5. The van der Waals surface area contributed by atoms with E-state index in [0.29, 0.717) is 30.5 Å². The standard InChI is InChI=1S/C29H48ClN3O3/c1-22(31-2)27(19-23-11-5-4-6-12-23)32-28(34)33-17-10-14-25(21-33)29(35,16-7-8-18-36-3)24-13-9-15-26(30)20-24/h9,13,15,20,22-23,25,27,31,35H,4-8,10-12,14,16-19,21H2,1-3H3,(H,32,34). The van der Waals surface area contributed by atoms with Crippen molar-refractivity contribution in [1.82, 2.24) is 15.5 Å². The number of amides is 2. The number of nitrogens with zero attached hydrogens (tertiary/aromatic N) is 1. The smallest absolute Gasteiger partial charge is 0.317 e. The molecule has 36 heavy (non-hydrogen) atoms. The van der Waals surface area contributed by atoms with Gasteiger partial charge in [-0.15, -0.1) is 0 Å². The van der Waals surface area contributed by atoms with Gasteiger partial charge in [-0.1, -0.05) is 55.8 Å². The number of hydrogen-bond donors (Lipinski definition) is 3. The number of aliphatic hydroxyl groups is 1. The van der Waals surface area contributed by atoms with Crippen molar-refractivity contribution in [3.63, 3.8) is 0 Å². The molecule has 2 aliphatic rings. The predicted molar refractivity (Wildman–Crippen MR) is 147 cm³/mol. The largest absolute Gasteiger partial charge is 0.385 e. The van der Waals surface area contributed by atoms with Gasteiger partial charge in [0.15, 0.2) is 0 Å². The second-order valence-electron chi connectivity index (χ2n) is 11.0. The van der Waals surface area contributed by atoms with E-state index in [1.165, 1.54) is 32.1 Å². The van der Waals surface area contributed by atoms with Crippen molar-refractivity contribution in [2.24, 2.45) is 11.8 Å². The van der Waals surface area contributed by atoms with E-state index >= 15 is 0 Å². The number of nitrogens with one attached hydrogen (secondary N) is 2. The third-order valence-electron chi connectivity index (χ3n) is 8.54. The average Bonchev–Trinajstić information content (AvgIpc) is 2.90. The molecule has 0 spiro atoms. The minimum atomic E-state index is -1.03. The predicted octanol–water partition coefficient (Wildman–Crippen LogP) is 5.71. The van der Waals surface area contributed by atoms with Crippen molar-refractivity contribution < 1.29 is 14.6 Å². The molecule has 1 aliphatic carbocycles. The number of hydrogen-bond acceptors (Lipinski definition) is 4. The summed E-state index contributed by atoms with van der Waals surface area (Å²) in [7, 11) is 3.67. The van der Waals surface area contributed by atoms with Gasteiger partial charge in [-0.25, -0.2) is 4.79 Å². The monoisotopic (exact) mass is 521 g/mol. The van der Waals surface area contributed by atoms with Crippen LogP contribution < -0.4 is 10.6 Å². The lowest BCUT2D eigenvalue weighted by atomic mass is 9.74. The molecule has 4 atom stereocenters. The summed E-state index contributed by atoms with van der Waals surface area (Å²) in [6.07, 6.45) is 11.6. The van der Waals surface area contributed by atoms with E-state index in [4.69, 9.17) is 16.3 Å². The summed E-state index contributed by atoms with van der Waals surface area (Å²) < 4.78 is 5.23. The highest BCUT2D eigenvalue weighted by atomic mass is 35.5. The Kier molecular flexibility index (Phi) is 11.8. The van der Waals surface area contributed by atoms with Crippen LogP contribution in [0.25, 0.3) is 0 Å². The highest BCUT2D eigenvalue weighted by molar-refractivity contribution is 6.30. The Labute approximate surface area is 223 Å². The lowest BCUT2D eigenvalue weighted by Gasteiger charge is -2.43. The molecule has 1 saturated carbocycles. The molecule has 3 rings (SSSR count). The van der Waals surface area contributed by atoms with E-state index in [9.17, 15) is 9.90 Å². The number of ether oxygens (including phenoxy) is 1. The van der Waals surface area contributed by atoms with Crippen LogP contribution in [0.3, 0.4) is 0 Å². The molecule has 2 amide bonds. The van der Waals surface area contributed by atoms with Crippen molar-refractivity contribution in [3.05, 3.63) is 34.9 Å². The molecule has 0 bridgehead atoms. The van der Waals surface area contributed by atoms with Gasteiger partial charge in [0.25, 0.3) is 0 Å². The quantitative estimate of drug-likeness (QED) is 0.308. The van der Waals surface area contributed by atoms with Gasteiger partial charge >= 0.3 is 6.03 Å².